The Bertz CT molecular complexity index is 309. The lowest BCUT2D eigenvalue weighted by Gasteiger charge is -2.05. The Morgan fingerprint density at radius 1 is 1.79 bits per heavy atom. The molecule has 5 heteroatoms. The van der Waals surface area contributed by atoms with Crippen molar-refractivity contribution in [3.63, 3.8) is 0 Å². The summed E-state index contributed by atoms with van der Waals surface area (Å²) in [7, 11) is 0. The number of nitrogens with zero attached hydrogens (tertiary/aromatic N) is 1. The Morgan fingerprint density at radius 3 is 3.00 bits per heavy atom. The van der Waals surface area contributed by atoms with Gasteiger partial charge in [-0.15, -0.1) is 0 Å². The SMILES string of the molecule is Cc1cc(CNCC(C)C(=O)O)on1. The second kappa shape index (κ2) is 4.76. The second-order valence-corrected chi connectivity index (χ2v) is 3.30. The first-order chi connectivity index (χ1) is 6.59. The molecule has 1 aromatic rings. The monoisotopic (exact) mass is 198 g/mol. The molecule has 0 radical (unpaired) electrons. The van der Waals surface area contributed by atoms with Crippen LogP contribution in [0.15, 0.2) is 10.6 Å². The summed E-state index contributed by atoms with van der Waals surface area (Å²) in [6, 6.07) is 1.82. The van der Waals surface area contributed by atoms with Crippen LogP contribution < -0.4 is 5.32 Å². The van der Waals surface area contributed by atoms with Gasteiger partial charge in [-0.3, -0.25) is 4.79 Å². The summed E-state index contributed by atoms with van der Waals surface area (Å²) < 4.78 is 4.95. The molecule has 0 fully saturated rings. The van der Waals surface area contributed by atoms with Gasteiger partial charge in [-0.25, -0.2) is 0 Å². The van der Waals surface area contributed by atoms with E-state index in [-0.39, 0.29) is 5.92 Å². The number of rotatable bonds is 5. The Balaban J connectivity index is 2.25. The van der Waals surface area contributed by atoms with Crippen molar-refractivity contribution in [2.75, 3.05) is 6.54 Å². The molecule has 1 rings (SSSR count). The van der Waals surface area contributed by atoms with Crippen molar-refractivity contribution < 1.29 is 14.4 Å². The smallest absolute Gasteiger partial charge is 0.307 e. The van der Waals surface area contributed by atoms with Crippen LogP contribution in [0.5, 0.6) is 0 Å². The van der Waals surface area contributed by atoms with E-state index in [1.54, 1.807) is 6.92 Å². The van der Waals surface area contributed by atoms with E-state index in [4.69, 9.17) is 9.63 Å². The van der Waals surface area contributed by atoms with Crippen LogP contribution in [0.3, 0.4) is 0 Å². The minimum absolute atomic E-state index is 0.390. The number of carbonyl (C=O) groups is 1. The third-order valence-corrected chi connectivity index (χ3v) is 1.85. The van der Waals surface area contributed by atoms with E-state index in [0.717, 1.165) is 11.5 Å². The minimum atomic E-state index is -0.800. The van der Waals surface area contributed by atoms with E-state index in [1.165, 1.54) is 0 Å². The predicted octanol–water partition coefficient (Wildman–Crippen LogP) is 0.793. The number of aromatic nitrogens is 1. The maximum absolute atomic E-state index is 10.5. The number of aliphatic carboxylic acids is 1. The van der Waals surface area contributed by atoms with Crippen molar-refractivity contribution in [1.82, 2.24) is 10.5 Å². The first kappa shape index (κ1) is 10.7. The van der Waals surface area contributed by atoms with E-state index in [1.807, 2.05) is 13.0 Å². The van der Waals surface area contributed by atoms with Gasteiger partial charge >= 0.3 is 5.97 Å². The van der Waals surface area contributed by atoms with Gasteiger partial charge in [-0.2, -0.15) is 0 Å². The Hall–Kier alpha value is -1.36. The molecule has 1 unspecified atom stereocenters. The van der Waals surface area contributed by atoms with E-state index in [2.05, 4.69) is 10.5 Å². The van der Waals surface area contributed by atoms with Gasteiger partial charge < -0.3 is 14.9 Å². The molecule has 0 aliphatic carbocycles. The molecule has 0 aromatic carbocycles. The van der Waals surface area contributed by atoms with Gasteiger partial charge in [0.25, 0.3) is 0 Å². The fraction of sp³-hybridized carbons (Fsp3) is 0.556. The summed E-state index contributed by atoms with van der Waals surface area (Å²) in [6.07, 6.45) is 0. The lowest BCUT2D eigenvalue weighted by Crippen LogP contribution is -2.25. The molecule has 0 bridgehead atoms. The summed E-state index contributed by atoms with van der Waals surface area (Å²) in [6.45, 7) is 4.43. The van der Waals surface area contributed by atoms with Crippen molar-refractivity contribution in [3.8, 4) is 0 Å². The predicted molar refractivity (Wildman–Crippen MR) is 49.7 cm³/mol. The normalized spacial score (nSPS) is 12.7. The third-order valence-electron chi connectivity index (χ3n) is 1.85. The fourth-order valence-corrected chi connectivity index (χ4v) is 0.999. The molecule has 1 heterocycles. The van der Waals surface area contributed by atoms with Crippen LogP contribution in [0, 0.1) is 12.8 Å². The van der Waals surface area contributed by atoms with Gasteiger partial charge in [0.05, 0.1) is 18.2 Å². The topological polar surface area (TPSA) is 75.4 Å². The van der Waals surface area contributed by atoms with Crippen LogP contribution in [-0.4, -0.2) is 22.8 Å². The van der Waals surface area contributed by atoms with Crippen molar-refractivity contribution >= 4 is 5.97 Å². The first-order valence-corrected chi connectivity index (χ1v) is 4.45. The van der Waals surface area contributed by atoms with Crippen LogP contribution in [0.1, 0.15) is 18.4 Å². The van der Waals surface area contributed by atoms with Gasteiger partial charge in [-0.1, -0.05) is 12.1 Å². The molecule has 2 N–H and O–H groups in total. The van der Waals surface area contributed by atoms with E-state index in [0.29, 0.717) is 13.1 Å². The third kappa shape index (κ3) is 3.18. The zero-order chi connectivity index (χ0) is 10.6. The number of hydrogen-bond acceptors (Lipinski definition) is 4. The summed E-state index contributed by atoms with van der Waals surface area (Å²) >= 11 is 0. The Labute approximate surface area is 82.1 Å². The quantitative estimate of drug-likeness (QED) is 0.731. The van der Waals surface area contributed by atoms with Crippen molar-refractivity contribution in [3.05, 3.63) is 17.5 Å². The van der Waals surface area contributed by atoms with Crippen molar-refractivity contribution in [2.24, 2.45) is 5.92 Å². The number of carboxylic acid groups (broad SMARTS) is 1. The second-order valence-electron chi connectivity index (χ2n) is 3.30. The minimum Gasteiger partial charge on any atom is -0.481 e. The van der Waals surface area contributed by atoms with E-state index < -0.39 is 5.97 Å². The van der Waals surface area contributed by atoms with E-state index in [9.17, 15) is 4.79 Å². The lowest BCUT2D eigenvalue weighted by atomic mass is 10.2. The molecule has 14 heavy (non-hydrogen) atoms. The summed E-state index contributed by atoms with van der Waals surface area (Å²) in [5, 5.41) is 15.3. The van der Waals surface area contributed by atoms with Crippen LogP contribution in [0.4, 0.5) is 0 Å². The average Bonchev–Trinajstić information content (AvgIpc) is 2.51. The number of aryl methyl sites for hydroxylation is 1. The zero-order valence-electron chi connectivity index (χ0n) is 8.28. The molecule has 0 amide bonds. The summed E-state index contributed by atoms with van der Waals surface area (Å²) in [4.78, 5) is 10.5. The molecule has 0 aliphatic rings. The van der Waals surface area contributed by atoms with Crippen molar-refractivity contribution in [2.45, 2.75) is 20.4 Å². The highest BCUT2D eigenvalue weighted by Gasteiger charge is 2.10. The maximum atomic E-state index is 10.5. The molecule has 5 nitrogen and oxygen atoms in total. The molecular formula is C9H14N2O3. The number of nitrogens with one attached hydrogen (secondary N) is 1. The molecule has 1 atom stereocenters. The van der Waals surface area contributed by atoms with E-state index >= 15 is 0 Å². The molecule has 0 saturated heterocycles. The largest absolute Gasteiger partial charge is 0.481 e. The van der Waals surface area contributed by atoms with Gasteiger partial charge in [-0.05, 0) is 6.92 Å². The summed E-state index contributed by atoms with van der Waals surface area (Å²) in [5.41, 5.74) is 0.827. The highest BCUT2D eigenvalue weighted by Crippen LogP contribution is 2.01. The summed E-state index contributed by atoms with van der Waals surface area (Å²) in [5.74, 6) is -0.467. The van der Waals surface area contributed by atoms with Crippen LogP contribution >= 0.6 is 0 Å². The highest BCUT2D eigenvalue weighted by atomic mass is 16.5. The van der Waals surface area contributed by atoms with Gasteiger partial charge in [0.15, 0.2) is 5.76 Å². The average molecular weight is 198 g/mol. The Kier molecular flexibility index (Phi) is 3.64. The van der Waals surface area contributed by atoms with Crippen molar-refractivity contribution in [1.29, 1.82) is 0 Å². The van der Waals surface area contributed by atoms with Crippen LogP contribution in [-0.2, 0) is 11.3 Å². The number of carboxylic acids is 1. The molecule has 0 saturated carbocycles. The highest BCUT2D eigenvalue weighted by molar-refractivity contribution is 5.69. The molecule has 0 spiro atoms. The van der Waals surface area contributed by atoms with Crippen LogP contribution in [0.2, 0.25) is 0 Å². The molecular weight excluding hydrogens is 184 g/mol. The van der Waals surface area contributed by atoms with Crippen LogP contribution in [0.25, 0.3) is 0 Å². The Morgan fingerprint density at radius 2 is 2.50 bits per heavy atom. The zero-order valence-corrected chi connectivity index (χ0v) is 8.28. The van der Waals surface area contributed by atoms with Gasteiger partial charge in [0.2, 0.25) is 0 Å². The standard InChI is InChI=1S/C9H14N2O3/c1-6(9(12)13)4-10-5-8-3-7(2)11-14-8/h3,6,10H,4-5H2,1-2H3,(H,12,13). The number of hydrogen-bond donors (Lipinski definition) is 2. The molecule has 78 valence electrons. The van der Waals surface area contributed by atoms with Gasteiger partial charge in [0, 0.05) is 12.6 Å². The first-order valence-electron chi connectivity index (χ1n) is 4.45. The fourth-order valence-electron chi connectivity index (χ4n) is 0.999. The molecule has 0 aliphatic heterocycles. The maximum Gasteiger partial charge on any atom is 0.307 e. The molecule has 1 aromatic heterocycles. The van der Waals surface area contributed by atoms with Gasteiger partial charge in [0.1, 0.15) is 0 Å². The lowest BCUT2D eigenvalue weighted by molar-refractivity contribution is -0.140.